The normalized spacial score (nSPS) is 13.2. The molecule has 2 aromatic heterocycles. The maximum atomic E-state index is 11.2. The number of benzene rings is 1. The van der Waals surface area contributed by atoms with Gasteiger partial charge in [0.2, 0.25) is 0 Å². The second-order valence-corrected chi connectivity index (χ2v) is 8.37. The number of ether oxygens (including phenoxy) is 1. The van der Waals surface area contributed by atoms with Gasteiger partial charge in [0.15, 0.2) is 5.65 Å². The van der Waals surface area contributed by atoms with Crippen molar-refractivity contribution < 1.29 is 17.7 Å². The molecular formula is C18H23N5O4S. The van der Waals surface area contributed by atoms with Crippen molar-refractivity contribution in [3.8, 4) is 6.01 Å². The minimum Gasteiger partial charge on any atom is -0.463 e. The highest BCUT2D eigenvalue weighted by Crippen LogP contribution is 2.27. The Morgan fingerprint density at radius 2 is 1.89 bits per heavy atom. The molecule has 0 amide bonds. The highest BCUT2D eigenvalue weighted by molar-refractivity contribution is 7.85. The molecule has 1 unspecified atom stereocenters. The molecule has 0 spiro atoms. The van der Waals surface area contributed by atoms with E-state index >= 15 is 0 Å². The Bertz CT molecular complexity index is 1080. The van der Waals surface area contributed by atoms with E-state index in [0.717, 1.165) is 6.42 Å². The van der Waals surface area contributed by atoms with Gasteiger partial charge in [-0.05, 0) is 30.0 Å². The topological polar surface area (TPSA) is 133 Å². The molecule has 0 saturated carbocycles. The zero-order chi connectivity index (χ0) is 20.5. The van der Waals surface area contributed by atoms with Crippen molar-refractivity contribution in [2.45, 2.75) is 31.2 Å². The third kappa shape index (κ3) is 4.29. The van der Waals surface area contributed by atoms with E-state index in [0.29, 0.717) is 34.8 Å². The van der Waals surface area contributed by atoms with Crippen molar-refractivity contribution in [1.82, 2.24) is 19.7 Å². The summed E-state index contributed by atoms with van der Waals surface area (Å²) < 4.78 is 38.9. The summed E-state index contributed by atoms with van der Waals surface area (Å²) in [4.78, 5) is 8.69. The lowest BCUT2D eigenvalue weighted by atomic mass is 10.0. The molecule has 0 bridgehead atoms. The molecule has 3 aromatic rings. The molecule has 0 aliphatic carbocycles. The first-order chi connectivity index (χ1) is 13.2. The lowest BCUT2D eigenvalue weighted by Crippen LogP contribution is -2.16. The SMILES string of the molecule is CC(C)CCOc1nc(C(N)c2ccc(S(=O)(=O)O)cc2)c2cnn(C)c2n1. The van der Waals surface area contributed by atoms with Crippen LogP contribution in [-0.4, -0.2) is 39.3 Å². The first-order valence-electron chi connectivity index (χ1n) is 8.82. The van der Waals surface area contributed by atoms with E-state index in [4.69, 9.17) is 15.0 Å². The average Bonchev–Trinajstić information content (AvgIpc) is 3.01. The van der Waals surface area contributed by atoms with Gasteiger partial charge in [0.05, 0.1) is 34.8 Å². The van der Waals surface area contributed by atoms with Gasteiger partial charge in [0, 0.05) is 7.05 Å². The predicted molar refractivity (Wildman–Crippen MR) is 104 cm³/mol. The number of aryl methyl sites for hydroxylation is 1. The number of nitrogens with zero attached hydrogens (tertiary/aromatic N) is 4. The van der Waals surface area contributed by atoms with Crippen molar-refractivity contribution in [3.05, 3.63) is 41.7 Å². The fourth-order valence-corrected chi connectivity index (χ4v) is 3.20. The summed E-state index contributed by atoms with van der Waals surface area (Å²) in [5.74, 6) is 0.489. The molecule has 10 heteroatoms. The molecule has 3 rings (SSSR count). The fraction of sp³-hybridized carbons (Fsp3) is 0.389. The van der Waals surface area contributed by atoms with Gasteiger partial charge in [-0.15, -0.1) is 0 Å². The van der Waals surface area contributed by atoms with Crippen LogP contribution in [0.5, 0.6) is 6.01 Å². The fourth-order valence-electron chi connectivity index (χ4n) is 2.72. The number of aromatic nitrogens is 4. The lowest BCUT2D eigenvalue weighted by Gasteiger charge is -2.15. The molecule has 28 heavy (non-hydrogen) atoms. The van der Waals surface area contributed by atoms with E-state index in [1.807, 2.05) is 0 Å². The van der Waals surface area contributed by atoms with Crippen LogP contribution in [-0.2, 0) is 17.2 Å². The number of fused-ring (bicyclic) bond motifs is 1. The molecular weight excluding hydrogens is 382 g/mol. The Morgan fingerprint density at radius 1 is 1.21 bits per heavy atom. The zero-order valence-electron chi connectivity index (χ0n) is 15.9. The van der Waals surface area contributed by atoms with E-state index in [-0.39, 0.29) is 10.9 Å². The van der Waals surface area contributed by atoms with Crippen LogP contribution in [0.25, 0.3) is 11.0 Å². The molecule has 1 atom stereocenters. The van der Waals surface area contributed by atoms with E-state index in [1.165, 1.54) is 24.3 Å². The number of rotatable bonds is 7. The second kappa shape index (κ2) is 7.82. The maximum absolute atomic E-state index is 11.2. The minimum atomic E-state index is -4.27. The Labute approximate surface area is 163 Å². The second-order valence-electron chi connectivity index (χ2n) is 6.95. The van der Waals surface area contributed by atoms with Crippen molar-refractivity contribution in [2.24, 2.45) is 18.7 Å². The van der Waals surface area contributed by atoms with Crippen LogP contribution in [0.15, 0.2) is 35.4 Å². The van der Waals surface area contributed by atoms with Crippen LogP contribution in [0, 0.1) is 5.92 Å². The Kier molecular flexibility index (Phi) is 5.64. The number of hydrogen-bond donors (Lipinski definition) is 2. The third-order valence-corrected chi connectivity index (χ3v) is 5.23. The van der Waals surface area contributed by atoms with Gasteiger partial charge in [0.25, 0.3) is 10.1 Å². The molecule has 2 heterocycles. The summed E-state index contributed by atoms with van der Waals surface area (Å²) in [5.41, 5.74) is 8.15. The van der Waals surface area contributed by atoms with Gasteiger partial charge in [-0.25, -0.2) is 0 Å². The Morgan fingerprint density at radius 3 is 2.50 bits per heavy atom. The molecule has 0 radical (unpaired) electrons. The number of hydrogen-bond acceptors (Lipinski definition) is 7. The summed E-state index contributed by atoms with van der Waals surface area (Å²) in [6, 6.07) is 5.24. The van der Waals surface area contributed by atoms with Gasteiger partial charge < -0.3 is 10.5 Å². The summed E-state index contributed by atoms with van der Waals surface area (Å²) >= 11 is 0. The van der Waals surface area contributed by atoms with E-state index in [1.54, 1.807) is 17.9 Å². The van der Waals surface area contributed by atoms with E-state index < -0.39 is 16.2 Å². The van der Waals surface area contributed by atoms with E-state index in [2.05, 4.69) is 28.9 Å². The smallest absolute Gasteiger partial charge is 0.318 e. The molecule has 3 N–H and O–H groups in total. The summed E-state index contributed by atoms with van der Waals surface area (Å²) in [7, 11) is -2.50. The molecule has 0 fully saturated rings. The monoisotopic (exact) mass is 405 g/mol. The zero-order valence-corrected chi connectivity index (χ0v) is 16.7. The standard InChI is InChI=1S/C18H23N5O4S/c1-11(2)8-9-27-18-21-16(14-10-20-23(3)17(14)22-18)15(19)12-4-6-13(7-5-12)28(24,25)26/h4-7,10-11,15H,8-9,19H2,1-3H3,(H,24,25,26). The molecule has 0 aliphatic heterocycles. The summed E-state index contributed by atoms with van der Waals surface area (Å²) in [5, 5.41) is 4.90. The van der Waals surface area contributed by atoms with Crippen molar-refractivity contribution >= 4 is 21.2 Å². The lowest BCUT2D eigenvalue weighted by molar-refractivity contribution is 0.268. The summed E-state index contributed by atoms with van der Waals surface area (Å²) in [6.45, 7) is 4.69. The minimum absolute atomic E-state index is 0.199. The van der Waals surface area contributed by atoms with Gasteiger partial charge >= 0.3 is 6.01 Å². The quantitative estimate of drug-likeness (QED) is 0.571. The maximum Gasteiger partial charge on any atom is 0.318 e. The van der Waals surface area contributed by atoms with Crippen LogP contribution in [0.4, 0.5) is 0 Å². The van der Waals surface area contributed by atoms with Crippen LogP contribution < -0.4 is 10.5 Å². The van der Waals surface area contributed by atoms with Crippen LogP contribution in [0.3, 0.4) is 0 Å². The van der Waals surface area contributed by atoms with Crippen molar-refractivity contribution in [3.63, 3.8) is 0 Å². The van der Waals surface area contributed by atoms with Gasteiger partial charge in [-0.2, -0.15) is 23.5 Å². The van der Waals surface area contributed by atoms with Gasteiger partial charge in [0.1, 0.15) is 0 Å². The van der Waals surface area contributed by atoms with Crippen LogP contribution >= 0.6 is 0 Å². The van der Waals surface area contributed by atoms with E-state index in [9.17, 15) is 8.42 Å². The molecule has 1 aromatic carbocycles. The molecule has 9 nitrogen and oxygen atoms in total. The summed E-state index contributed by atoms with van der Waals surface area (Å²) in [6.07, 6.45) is 2.50. The van der Waals surface area contributed by atoms with Gasteiger partial charge in [-0.1, -0.05) is 26.0 Å². The Hall–Kier alpha value is -2.56. The Balaban J connectivity index is 1.98. The average molecular weight is 405 g/mol. The first kappa shape index (κ1) is 20.2. The highest BCUT2D eigenvalue weighted by atomic mass is 32.2. The third-order valence-electron chi connectivity index (χ3n) is 4.36. The van der Waals surface area contributed by atoms with Gasteiger partial charge in [-0.3, -0.25) is 9.23 Å². The molecule has 0 saturated heterocycles. The molecule has 0 aliphatic rings. The highest BCUT2D eigenvalue weighted by Gasteiger charge is 2.20. The number of nitrogens with two attached hydrogens (primary N) is 1. The molecule has 150 valence electrons. The van der Waals surface area contributed by atoms with Crippen molar-refractivity contribution in [2.75, 3.05) is 6.61 Å². The van der Waals surface area contributed by atoms with Crippen LogP contribution in [0.2, 0.25) is 0 Å². The first-order valence-corrected chi connectivity index (χ1v) is 10.3. The van der Waals surface area contributed by atoms with Crippen LogP contribution in [0.1, 0.15) is 37.6 Å². The van der Waals surface area contributed by atoms with Crippen molar-refractivity contribution in [1.29, 1.82) is 0 Å². The largest absolute Gasteiger partial charge is 0.463 e. The predicted octanol–water partition coefficient (Wildman–Crippen LogP) is 2.08.